The summed E-state index contributed by atoms with van der Waals surface area (Å²) < 4.78 is 31.6. The van der Waals surface area contributed by atoms with Gasteiger partial charge in [-0.15, -0.1) is 0 Å². The Morgan fingerprint density at radius 1 is 1.17 bits per heavy atom. The fourth-order valence-corrected chi connectivity index (χ4v) is 3.99. The van der Waals surface area contributed by atoms with E-state index in [0.717, 1.165) is 32.0 Å². The average molecular weight is 425 g/mol. The Balaban J connectivity index is 1.88. The van der Waals surface area contributed by atoms with Crippen molar-refractivity contribution in [1.29, 1.82) is 0 Å². The van der Waals surface area contributed by atoms with E-state index < -0.39 is 10.0 Å². The molecule has 0 aliphatic carbocycles. The van der Waals surface area contributed by atoms with Gasteiger partial charge in [-0.1, -0.05) is 29.8 Å². The van der Waals surface area contributed by atoms with Crippen LogP contribution >= 0.6 is 0 Å². The number of aryl methyl sites for hydroxylation is 1. The van der Waals surface area contributed by atoms with Crippen molar-refractivity contribution in [2.45, 2.75) is 46.1 Å². The molecule has 1 saturated heterocycles. The summed E-state index contributed by atoms with van der Waals surface area (Å²) in [7, 11) is -3.13. The zero-order valence-electron chi connectivity index (χ0n) is 17.9. The zero-order chi connectivity index (χ0) is 21.1. The van der Waals surface area contributed by atoms with Gasteiger partial charge in [0.05, 0.1) is 11.9 Å². The standard InChI is InChI=1S/C21H36N4O3S/c1-4-22-21(23-13-7-14-25-29(26,27)5-2)24-16-19-8-6-15-28-20(19)18-11-9-17(3)10-12-18/h9-12,19-20,25H,4-8,13-16H2,1-3H3,(H2,22,23,24). The van der Waals surface area contributed by atoms with Crippen molar-refractivity contribution in [3.05, 3.63) is 35.4 Å². The maximum absolute atomic E-state index is 11.5. The van der Waals surface area contributed by atoms with Gasteiger partial charge in [0.2, 0.25) is 10.0 Å². The Hall–Kier alpha value is -1.64. The van der Waals surface area contributed by atoms with Crippen LogP contribution in [0.25, 0.3) is 0 Å². The lowest BCUT2D eigenvalue weighted by Crippen LogP contribution is -2.39. The maximum atomic E-state index is 11.5. The van der Waals surface area contributed by atoms with E-state index in [0.29, 0.717) is 32.0 Å². The molecular formula is C21H36N4O3S. The molecular weight excluding hydrogens is 388 g/mol. The predicted octanol–water partition coefficient (Wildman–Crippen LogP) is 2.35. The Labute approximate surface area is 175 Å². The van der Waals surface area contributed by atoms with Crippen LogP contribution in [0, 0.1) is 12.8 Å². The predicted molar refractivity (Wildman–Crippen MR) is 119 cm³/mol. The molecule has 2 unspecified atom stereocenters. The van der Waals surface area contributed by atoms with E-state index in [1.54, 1.807) is 6.92 Å². The molecule has 1 aromatic rings. The van der Waals surface area contributed by atoms with Crippen molar-refractivity contribution in [2.24, 2.45) is 10.9 Å². The Kier molecular flexibility index (Phi) is 9.90. The van der Waals surface area contributed by atoms with Crippen molar-refractivity contribution in [2.75, 3.05) is 38.5 Å². The first-order chi connectivity index (χ1) is 13.9. The van der Waals surface area contributed by atoms with Crippen LogP contribution in [0.15, 0.2) is 29.3 Å². The smallest absolute Gasteiger partial charge is 0.211 e. The van der Waals surface area contributed by atoms with Crippen molar-refractivity contribution in [1.82, 2.24) is 15.4 Å². The molecule has 2 atom stereocenters. The summed E-state index contributed by atoms with van der Waals surface area (Å²) in [5.74, 6) is 1.22. The molecule has 0 aromatic heterocycles. The number of rotatable bonds is 10. The second kappa shape index (κ2) is 12.1. The van der Waals surface area contributed by atoms with E-state index in [-0.39, 0.29) is 11.9 Å². The van der Waals surface area contributed by atoms with E-state index in [9.17, 15) is 8.42 Å². The summed E-state index contributed by atoms with van der Waals surface area (Å²) >= 11 is 0. The van der Waals surface area contributed by atoms with Gasteiger partial charge in [0.15, 0.2) is 5.96 Å². The molecule has 3 N–H and O–H groups in total. The van der Waals surface area contributed by atoms with Crippen LogP contribution in [0.1, 0.15) is 50.3 Å². The highest BCUT2D eigenvalue weighted by molar-refractivity contribution is 7.89. The fraction of sp³-hybridized carbons (Fsp3) is 0.667. The number of aliphatic imine (C=N–C) groups is 1. The number of ether oxygens (including phenoxy) is 1. The molecule has 7 nitrogen and oxygen atoms in total. The lowest BCUT2D eigenvalue weighted by Gasteiger charge is -2.31. The number of hydrogen-bond donors (Lipinski definition) is 3. The number of hydrogen-bond acceptors (Lipinski definition) is 4. The summed E-state index contributed by atoms with van der Waals surface area (Å²) in [6.07, 6.45) is 2.94. The van der Waals surface area contributed by atoms with Gasteiger partial charge in [-0.05, 0) is 45.6 Å². The van der Waals surface area contributed by atoms with E-state index in [4.69, 9.17) is 9.73 Å². The van der Waals surface area contributed by atoms with Crippen LogP contribution in [-0.2, 0) is 14.8 Å². The molecule has 2 rings (SSSR count). The van der Waals surface area contributed by atoms with Gasteiger partial charge in [-0.2, -0.15) is 0 Å². The summed E-state index contributed by atoms with van der Waals surface area (Å²) in [6.45, 7) is 9.10. The zero-order valence-corrected chi connectivity index (χ0v) is 18.7. The molecule has 1 aliphatic heterocycles. The molecule has 1 heterocycles. The van der Waals surface area contributed by atoms with Gasteiger partial charge >= 0.3 is 0 Å². The second-order valence-electron chi connectivity index (χ2n) is 7.40. The van der Waals surface area contributed by atoms with Crippen LogP contribution in [0.2, 0.25) is 0 Å². The third-order valence-electron chi connectivity index (χ3n) is 5.03. The van der Waals surface area contributed by atoms with Crippen molar-refractivity contribution < 1.29 is 13.2 Å². The van der Waals surface area contributed by atoms with Gasteiger partial charge in [-0.25, -0.2) is 13.1 Å². The molecule has 164 valence electrons. The molecule has 29 heavy (non-hydrogen) atoms. The largest absolute Gasteiger partial charge is 0.373 e. The highest BCUT2D eigenvalue weighted by Gasteiger charge is 2.27. The lowest BCUT2D eigenvalue weighted by atomic mass is 9.89. The highest BCUT2D eigenvalue weighted by Crippen LogP contribution is 2.33. The van der Waals surface area contributed by atoms with Crippen LogP contribution in [0.3, 0.4) is 0 Å². The highest BCUT2D eigenvalue weighted by atomic mass is 32.2. The van der Waals surface area contributed by atoms with Crippen molar-refractivity contribution in [3.8, 4) is 0 Å². The number of sulfonamides is 1. The normalized spacial score (nSPS) is 20.4. The van der Waals surface area contributed by atoms with Crippen LogP contribution in [-0.4, -0.2) is 52.9 Å². The van der Waals surface area contributed by atoms with Gasteiger partial charge in [0, 0.05) is 38.7 Å². The molecule has 0 amide bonds. The summed E-state index contributed by atoms with van der Waals surface area (Å²) in [5, 5.41) is 6.55. The summed E-state index contributed by atoms with van der Waals surface area (Å²) in [6, 6.07) is 8.57. The summed E-state index contributed by atoms with van der Waals surface area (Å²) in [4.78, 5) is 4.77. The van der Waals surface area contributed by atoms with Crippen LogP contribution in [0.4, 0.5) is 0 Å². The van der Waals surface area contributed by atoms with Gasteiger partial charge in [0.1, 0.15) is 0 Å². The van der Waals surface area contributed by atoms with E-state index in [2.05, 4.69) is 46.5 Å². The third kappa shape index (κ3) is 8.32. The number of benzene rings is 1. The van der Waals surface area contributed by atoms with Crippen molar-refractivity contribution >= 4 is 16.0 Å². The number of guanidine groups is 1. The first-order valence-electron chi connectivity index (χ1n) is 10.6. The molecule has 0 spiro atoms. The molecule has 1 aromatic carbocycles. The first kappa shape index (κ1) is 23.6. The van der Waals surface area contributed by atoms with Gasteiger partial charge < -0.3 is 15.4 Å². The van der Waals surface area contributed by atoms with Gasteiger partial charge in [-0.3, -0.25) is 4.99 Å². The van der Waals surface area contributed by atoms with E-state index >= 15 is 0 Å². The lowest BCUT2D eigenvalue weighted by molar-refractivity contribution is -0.0250. The first-order valence-corrected chi connectivity index (χ1v) is 12.3. The van der Waals surface area contributed by atoms with Gasteiger partial charge in [0.25, 0.3) is 0 Å². The van der Waals surface area contributed by atoms with Crippen molar-refractivity contribution in [3.63, 3.8) is 0 Å². The minimum Gasteiger partial charge on any atom is -0.373 e. The Bertz CT molecular complexity index is 735. The topological polar surface area (TPSA) is 91.8 Å². The maximum Gasteiger partial charge on any atom is 0.211 e. The summed E-state index contributed by atoms with van der Waals surface area (Å²) in [5.41, 5.74) is 2.47. The molecule has 8 heteroatoms. The molecule has 1 aliphatic rings. The molecule has 0 radical (unpaired) electrons. The minimum absolute atomic E-state index is 0.0828. The van der Waals surface area contributed by atoms with E-state index in [1.807, 2.05) is 6.92 Å². The quantitative estimate of drug-likeness (QED) is 0.305. The monoisotopic (exact) mass is 424 g/mol. The Morgan fingerprint density at radius 3 is 2.62 bits per heavy atom. The number of nitrogens with one attached hydrogen (secondary N) is 3. The van der Waals surface area contributed by atoms with E-state index in [1.165, 1.54) is 11.1 Å². The second-order valence-corrected chi connectivity index (χ2v) is 9.50. The molecule has 1 fully saturated rings. The average Bonchev–Trinajstić information content (AvgIpc) is 2.72. The Morgan fingerprint density at radius 2 is 1.93 bits per heavy atom. The third-order valence-corrected chi connectivity index (χ3v) is 6.43. The minimum atomic E-state index is -3.13. The van der Waals surface area contributed by atoms with Crippen LogP contribution in [0.5, 0.6) is 0 Å². The fourth-order valence-electron chi connectivity index (χ4n) is 3.33. The molecule has 0 saturated carbocycles. The molecule has 0 bridgehead atoms. The van der Waals surface area contributed by atoms with Crippen LogP contribution < -0.4 is 15.4 Å². The SMILES string of the molecule is CCNC(=NCC1CCCOC1c1ccc(C)cc1)NCCCNS(=O)(=O)CC. The number of nitrogens with zero attached hydrogens (tertiary/aromatic N) is 1.